The van der Waals surface area contributed by atoms with Crippen LogP contribution >= 0.6 is 0 Å². The Labute approximate surface area is 63.2 Å². The van der Waals surface area contributed by atoms with E-state index in [1.165, 1.54) is 0 Å². The maximum absolute atomic E-state index is 10.5. The smallest absolute Gasteiger partial charge is 0.129 e. The third-order valence-electron chi connectivity index (χ3n) is 1.38. The van der Waals surface area contributed by atoms with Crippen molar-refractivity contribution in [3.8, 4) is 0 Å². The standard InChI is InChI=1S/C8H17NO/c1-8(10)6-4-5-7-9(2)3/h4-7H2,1-3H3/q+1. The summed E-state index contributed by atoms with van der Waals surface area (Å²) in [6.07, 6.45) is 2.91. The molecule has 0 fully saturated rings. The molecule has 0 aliphatic carbocycles. The van der Waals surface area contributed by atoms with Crippen molar-refractivity contribution in [2.24, 2.45) is 0 Å². The summed E-state index contributed by atoms with van der Waals surface area (Å²) in [7, 11) is 4.10. The van der Waals surface area contributed by atoms with E-state index in [1.54, 1.807) is 6.92 Å². The first kappa shape index (κ1) is 9.63. The lowest BCUT2D eigenvalue weighted by Gasteiger charge is -1.98. The summed E-state index contributed by atoms with van der Waals surface area (Å²) < 4.78 is 0. The van der Waals surface area contributed by atoms with Gasteiger partial charge >= 0.3 is 0 Å². The fraction of sp³-hybridized carbons (Fsp3) is 0.875. The average molecular weight is 143 g/mol. The van der Waals surface area contributed by atoms with E-state index in [1.807, 2.05) is 14.1 Å². The molecule has 1 radical (unpaired) electrons. The normalized spacial score (nSPS) is 10.4. The number of rotatable bonds is 5. The molecule has 0 saturated heterocycles. The Hall–Kier alpha value is -0.370. The van der Waals surface area contributed by atoms with E-state index in [2.05, 4.69) is 4.90 Å². The van der Waals surface area contributed by atoms with E-state index in [0.29, 0.717) is 5.78 Å². The van der Waals surface area contributed by atoms with Crippen molar-refractivity contribution in [2.45, 2.75) is 26.2 Å². The van der Waals surface area contributed by atoms with E-state index in [-0.39, 0.29) is 0 Å². The number of ketones is 1. The molecule has 0 heterocycles. The molecule has 0 rings (SSSR count). The molecular weight excluding hydrogens is 126 g/mol. The fourth-order valence-corrected chi connectivity index (χ4v) is 0.802. The average Bonchev–Trinajstić information content (AvgIpc) is 1.79. The van der Waals surface area contributed by atoms with Gasteiger partial charge in [0.05, 0.1) is 0 Å². The lowest BCUT2D eigenvalue weighted by molar-refractivity contribution is -0.117. The molecule has 0 amide bonds. The van der Waals surface area contributed by atoms with Crippen LogP contribution in [0, 0.1) is 0 Å². The van der Waals surface area contributed by atoms with E-state index in [0.717, 1.165) is 25.8 Å². The van der Waals surface area contributed by atoms with Crippen LogP contribution in [0.5, 0.6) is 0 Å². The van der Waals surface area contributed by atoms with Crippen molar-refractivity contribution in [1.82, 2.24) is 4.90 Å². The molecule has 0 aromatic carbocycles. The second kappa shape index (κ2) is 5.42. The second-order valence-corrected chi connectivity index (χ2v) is 2.96. The molecule has 0 unspecified atom stereocenters. The number of Topliss-reactive ketones (excluding diaryl/α,β-unsaturated/α-hetero) is 1. The Morgan fingerprint density at radius 1 is 1.30 bits per heavy atom. The summed E-state index contributed by atoms with van der Waals surface area (Å²) >= 11 is 0. The van der Waals surface area contributed by atoms with Gasteiger partial charge in [-0.25, -0.2) is 0 Å². The number of hydrogen-bond donors (Lipinski definition) is 0. The Balaban J connectivity index is 2.98. The molecule has 10 heavy (non-hydrogen) atoms. The molecule has 0 bridgehead atoms. The topological polar surface area (TPSA) is 23.0 Å². The van der Waals surface area contributed by atoms with Crippen LogP contribution in [0.1, 0.15) is 26.2 Å². The van der Waals surface area contributed by atoms with Crippen LogP contribution in [0.3, 0.4) is 0 Å². The molecule has 0 aliphatic rings. The highest BCUT2D eigenvalue weighted by molar-refractivity contribution is 5.75. The van der Waals surface area contributed by atoms with E-state index < -0.39 is 0 Å². The van der Waals surface area contributed by atoms with Gasteiger partial charge in [-0.15, -0.1) is 0 Å². The van der Waals surface area contributed by atoms with E-state index in [4.69, 9.17) is 0 Å². The second-order valence-electron chi connectivity index (χ2n) is 2.96. The van der Waals surface area contributed by atoms with Crippen LogP contribution in [0.2, 0.25) is 0 Å². The number of nitrogens with zero attached hydrogens (tertiary/aromatic N) is 1. The molecule has 0 aromatic rings. The molecule has 0 spiro atoms. The fourth-order valence-electron chi connectivity index (χ4n) is 0.802. The summed E-state index contributed by atoms with van der Waals surface area (Å²) in [5, 5.41) is 0. The van der Waals surface area contributed by atoms with Crippen LogP contribution in [0.15, 0.2) is 0 Å². The molecule has 0 aliphatic heterocycles. The highest BCUT2D eigenvalue weighted by Gasteiger charge is 1.99. The highest BCUT2D eigenvalue weighted by Crippen LogP contribution is 1.95. The van der Waals surface area contributed by atoms with Gasteiger partial charge in [-0.05, 0) is 13.3 Å². The van der Waals surface area contributed by atoms with Gasteiger partial charge in [-0.3, -0.25) is 0 Å². The molecule has 0 aromatic heterocycles. The van der Waals surface area contributed by atoms with Crippen molar-refractivity contribution in [3.05, 3.63) is 0 Å². The van der Waals surface area contributed by atoms with Gasteiger partial charge < -0.3 is 4.79 Å². The minimum atomic E-state index is 0.304. The maximum Gasteiger partial charge on any atom is 0.129 e. The number of unbranched alkanes of at least 4 members (excludes halogenated alkanes) is 1. The van der Waals surface area contributed by atoms with Crippen LogP contribution in [0.25, 0.3) is 0 Å². The zero-order chi connectivity index (χ0) is 7.98. The van der Waals surface area contributed by atoms with Crippen LogP contribution < -0.4 is 4.90 Å². The van der Waals surface area contributed by atoms with Crippen LogP contribution in [0.4, 0.5) is 0 Å². The number of carbonyl (C=O) groups is 1. The third-order valence-corrected chi connectivity index (χ3v) is 1.38. The summed E-state index contributed by atoms with van der Waals surface area (Å²) in [5.74, 6) is 0.304. The predicted octanol–water partition coefficient (Wildman–Crippen LogP) is 1.15. The Morgan fingerprint density at radius 3 is 2.30 bits per heavy atom. The molecule has 59 valence electrons. The summed E-state index contributed by atoms with van der Waals surface area (Å²) in [5.41, 5.74) is 0. The summed E-state index contributed by atoms with van der Waals surface area (Å²) in [4.78, 5) is 12.6. The zero-order valence-electron chi connectivity index (χ0n) is 7.18. The van der Waals surface area contributed by atoms with Gasteiger partial charge in [0.2, 0.25) is 0 Å². The van der Waals surface area contributed by atoms with Crippen LogP contribution in [-0.2, 0) is 4.79 Å². The molecule has 2 heteroatoms. The molecule has 2 nitrogen and oxygen atoms in total. The largest absolute Gasteiger partial charge is 0.300 e. The first-order chi connectivity index (χ1) is 4.63. The first-order valence-electron chi connectivity index (χ1n) is 3.77. The van der Waals surface area contributed by atoms with Gasteiger partial charge in [-0.1, -0.05) is 0 Å². The summed E-state index contributed by atoms with van der Waals surface area (Å²) in [6, 6.07) is 0. The van der Waals surface area contributed by atoms with Gasteiger partial charge in [-0.2, -0.15) is 4.90 Å². The van der Waals surface area contributed by atoms with Crippen molar-refractivity contribution in [2.75, 3.05) is 20.6 Å². The Kier molecular flexibility index (Phi) is 5.22. The molecule has 0 atom stereocenters. The van der Waals surface area contributed by atoms with Crippen molar-refractivity contribution < 1.29 is 4.79 Å². The van der Waals surface area contributed by atoms with Gasteiger partial charge in [0, 0.05) is 12.8 Å². The van der Waals surface area contributed by atoms with Crippen molar-refractivity contribution in [1.29, 1.82) is 0 Å². The maximum atomic E-state index is 10.5. The summed E-state index contributed by atoms with van der Waals surface area (Å²) in [6.45, 7) is 2.74. The van der Waals surface area contributed by atoms with Crippen LogP contribution in [-0.4, -0.2) is 26.4 Å². The van der Waals surface area contributed by atoms with Gasteiger partial charge in [0.15, 0.2) is 0 Å². The van der Waals surface area contributed by atoms with Gasteiger partial charge in [0.25, 0.3) is 0 Å². The zero-order valence-corrected chi connectivity index (χ0v) is 7.18. The highest BCUT2D eigenvalue weighted by atomic mass is 16.1. The lowest BCUT2D eigenvalue weighted by atomic mass is 10.2. The third kappa shape index (κ3) is 7.63. The SMILES string of the molecule is CC(=O)CCCC[N+](C)C. The lowest BCUT2D eigenvalue weighted by Crippen LogP contribution is -2.19. The quantitative estimate of drug-likeness (QED) is 0.418. The van der Waals surface area contributed by atoms with E-state index >= 15 is 0 Å². The van der Waals surface area contributed by atoms with Crippen molar-refractivity contribution >= 4 is 5.78 Å². The van der Waals surface area contributed by atoms with E-state index in [9.17, 15) is 4.79 Å². The monoisotopic (exact) mass is 143 g/mol. The Bertz CT molecular complexity index is 99.4. The number of hydrogen-bond acceptors (Lipinski definition) is 2. The molecular formula is C8H17NO+. The first-order valence-corrected chi connectivity index (χ1v) is 3.77. The number of carbonyl (C=O) groups excluding carboxylic acids is 1. The Morgan fingerprint density at radius 2 is 1.90 bits per heavy atom. The van der Waals surface area contributed by atoms with Gasteiger partial charge in [0.1, 0.15) is 26.4 Å². The molecule has 0 saturated carbocycles. The molecule has 0 N–H and O–H groups in total. The minimum Gasteiger partial charge on any atom is -0.300 e. The van der Waals surface area contributed by atoms with Crippen molar-refractivity contribution in [3.63, 3.8) is 0 Å². The minimum absolute atomic E-state index is 0.304. The predicted molar refractivity (Wildman–Crippen MR) is 43.4 cm³/mol.